The highest BCUT2D eigenvalue weighted by Crippen LogP contribution is 2.22. The molecule has 0 saturated carbocycles. The molecule has 1 aromatic rings. The van der Waals surface area contributed by atoms with Gasteiger partial charge in [-0.2, -0.15) is 5.26 Å². The van der Waals surface area contributed by atoms with Gasteiger partial charge in [-0.15, -0.1) is 0 Å². The number of benzene rings is 1. The summed E-state index contributed by atoms with van der Waals surface area (Å²) in [6.45, 7) is 8.72. The Morgan fingerprint density at radius 1 is 1.17 bits per heavy atom. The Bertz CT molecular complexity index is 376. The highest BCUT2D eigenvalue weighted by molar-refractivity contribution is 5.31. The van der Waals surface area contributed by atoms with E-state index in [4.69, 9.17) is 4.74 Å². The van der Waals surface area contributed by atoms with Gasteiger partial charge in [0.2, 0.25) is 0 Å². The van der Waals surface area contributed by atoms with Gasteiger partial charge in [-0.1, -0.05) is 32.9 Å². The van der Waals surface area contributed by atoms with Gasteiger partial charge >= 0.3 is 0 Å². The highest BCUT2D eigenvalue weighted by atomic mass is 16.5. The summed E-state index contributed by atoms with van der Waals surface area (Å²) in [7, 11) is 0. The van der Waals surface area contributed by atoms with E-state index in [9.17, 15) is 5.26 Å². The summed E-state index contributed by atoms with van der Waals surface area (Å²) in [6.07, 6.45) is 1.00. The SMILES string of the molecule is CCCOc1ccc(C(C#N)N(CC)CC)cc1. The molecule has 0 spiro atoms. The number of hydrogen-bond acceptors (Lipinski definition) is 3. The highest BCUT2D eigenvalue weighted by Gasteiger charge is 2.16. The second-order valence-electron chi connectivity index (χ2n) is 4.17. The molecule has 0 saturated heterocycles. The summed E-state index contributed by atoms with van der Waals surface area (Å²) in [5.74, 6) is 0.872. The van der Waals surface area contributed by atoms with Crippen LogP contribution >= 0.6 is 0 Å². The topological polar surface area (TPSA) is 36.3 Å². The van der Waals surface area contributed by atoms with E-state index in [1.54, 1.807) is 0 Å². The molecule has 1 aromatic carbocycles. The van der Waals surface area contributed by atoms with Crippen LogP contribution in [0.25, 0.3) is 0 Å². The Labute approximate surface area is 110 Å². The van der Waals surface area contributed by atoms with Crippen molar-refractivity contribution < 1.29 is 4.74 Å². The Morgan fingerprint density at radius 3 is 2.22 bits per heavy atom. The third kappa shape index (κ3) is 3.75. The van der Waals surface area contributed by atoms with Crippen LogP contribution in [0.15, 0.2) is 24.3 Å². The number of nitriles is 1. The lowest BCUT2D eigenvalue weighted by Gasteiger charge is -2.24. The van der Waals surface area contributed by atoms with Crippen molar-refractivity contribution in [3.63, 3.8) is 0 Å². The van der Waals surface area contributed by atoms with Crippen LogP contribution < -0.4 is 4.74 Å². The molecule has 1 atom stereocenters. The van der Waals surface area contributed by atoms with Crippen molar-refractivity contribution in [2.75, 3.05) is 19.7 Å². The van der Waals surface area contributed by atoms with Crippen molar-refractivity contribution >= 4 is 0 Å². The van der Waals surface area contributed by atoms with Crippen LogP contribution in [-0.4, -0.2) is 24.6 Å². The van der Waals surface area contributed by atoms with Crippen molar-refractivity contribution in [3.8, 4) is 11.8 Å². The number of ether oxygens (including phenoxy) is 1. The fraction of sp³-hybridized carbons (Fsp3) is 0.533. The zero-order valence-corrected chi connectivity index (χ0v) is 11.5. The van der Waals surface area contributed by atoms with Crippen molar-refractivity contribution in [2.24, 2.45) is 0 Å². The first-order chi connectivity index (χ1) is 8.76. The molecule has 3 nitrogen and oxygen atoms in total. The van der Waals surface area contributed by atoms with E-state index in [-0.39, 0.29) is 6.04 Å². The minimum absolute atomic E-state index is 0.166. The van der Waals surface area contributed by atoms with Crippen molar-refractivity contribution in [1.29, 1.82) is 5.26 Å². The van der Waals surface area contributed by atoms with Gasteiger partial charge in [-0.05, 0) is 37.2 Å². The first kappa shape index (κ1) is 14.5. The molecular formula is C15H22N2O. The van der Waals surface area contributed by atoms with Gasteiger partial charge in [0, 0.05) is 0 Å². The summed E-state index contributed by atoms with van der Waals surface area (Å²) >= 11 is 0. The van der Waals surface area contributed by atoms with Gasteiger partial charge in [-0.25, -0.2) is 0 Å². The molecule has 0 N–H and O–H groups in total. The van der Waals surface area contributed by atoms with Crippen LogP contribution in [0.5, 0.6) is 5.75 Å². The molecule has 3 heteroatoms. The van der Waals surface area contributed by atoms with Crippen LogP contribution in [0.3, 0.4) is 0 Å². The van der Waals surface area contributed by atoms with Gasteiger partial charge in [-0.3, -0.25) is 4.90 Å². The lowest BCUT2D eigenvalue weighted by Crippen LogP contribution is -2.27. The summed E-state index contributed by atoms with van der Waals surface area (Å²) in [5.41, 5.74) is 1.03. The van der Waals surface area contributed by atoms with Crippen LogP contribution in [-0.2, 0) is 0 Å². The Balaban J connectivity index is 2.79. The van der Waals surface area contributed by atoms with Crippen LogP contribution in [0.4, 0.5) is 0 Å². The van der Waals surface area contributed by atoms with E-state index in [2.05, 4.69) is 31.7 Å². The molecule has 98 valence electrons. The van der Waals surface area contributed by atoms with Gasteiger partial charge < -0.3 is 4.74 Å². The van der Waals surface area contributed by atoms with Crippen LogP contribution in [0.2, 0.25) is 0 Å². The van der Waals surface area contributed by atoms with Crippen LogP contribution in [0.1, 0.15) is 38.8 Å². The molecule has 0 bridgehead atoms. The second-order valence-corrected chi connectivity index (χ2v) is 4.17. The maximum absolute atomic E-state index is 9.30. The maximum Gasteiger partial charge on any atom is 0.123 e. The van der Waals surface area contributed by atoms with Crippen LogP contribution in [0, 0.1) is 11.3 Å². The average molecular weight is 246 g/mol. The van der Waals surface area contributed by atoms with Crippen molar-refractivity contribution in [1.82, 2.24) is 4.90 Å². The summed E-state index contributed by atoms with van der Waals surface area (Å²) in [5, 5.41) is 9.30. The third-order valence-corrected chi connectivity index (χ3v) is 2.97. The summed E-state index contributed by atoms with van der Waals surface area (Å²) in [6, 6.07) is 10.1. The Morgan fingerprint density at radius 2 is 1.78 bits per heavy atom. The molecule has 1 rings (SSSR count). The molecule has 0 aromatic heterocycles. The first-order valence-corrected chi connectivity index (χ1v) is 6.63. The van der Waals surface area contributed by atoms with E-state index in [0.717, 1.165) is 37.4 Å². The van der Waals surface area contributed by atoms with Crippen molar-refractivity contribution in [3.05, 3.63) is 29.8 Å². The van der Waals surface area contributed by atoms with E-state index in [1.165, 1.54) is 0 Å². The standard InChI is InChI=1S/C15H22N2O/c1-4-11-18-14-9-7-13(8-10-14)15(12-16)17(5-2)6-3/h7-10,15H,4-6,11H2,1-3H3. The minimum atomic E-state index is -0.166. The summed E-state index contributed by atoms with van der Waals surface area (Å²) in [4.78, 5) is 2.14. The van der Waals surface area contributed by atoms with E-state index in [1.807, 2.05) is 24.3 Å². The predicted molar refractivity (Wildman–Crippen MR) is 73.5 cm³/mol. The average Bonchev–Trinajstić information content (AvgIpc) is 2.43. The quantitative estimate of drug-likeness (QED) is 0.740. The normalized spacial score (nSPS) is 12.2. The van der Waals surface area contributed by atoms with Gasteiger partial charge in [0.15, 0.2) is 0 Å². The summed E-state index contributed by atoms with van der Waals surface area (Å²) < 4.78 is 5.54. The molecule has 0 amide bonds. The predicted octanol–water partition coefficient (Wildman–Crippen LogP) is 3.38. The van der Waals surface area contributed by atoms with Gasteiger partial charge in [0.05, 0.1) is 12.7 Å². The molecule has 18 heavy (non-hydrogen) atoms. The molecule has 0 heterocycles. The molecule has 0 aliphatic rings. The smallest absolute Gasteiger partial charge is 0.123 e. The molecule has 0 aliphatic carbocycles. The second kappa shape index (κ2) is 7.73. The van der Waals surface area contributed by atoms with E-state index >= 15 is 0 Å². The lowest BCUT2D eigenvalue weighted by atomic mass is 10.1. The maximum atomic E-state index is 9.30. The molecule has 0 radical (unpaired) electrons. The molecular weight excluding hydrogens is 224 g/mol. The van der Waals surface area contributed by atoms with Gasteiger partial charge in [0.25, 0.3) is 0 Å². The van der Waals surface area contributed by atoms with Crippen molar-refractivity contribution in [2.45, 2.75) is 33.2 Å². The van der Waals surface area contributed by atoms with E-state index < -0.39 is 0 Å². The number of nitrogens with zero attached hydrogens (tertiary/aromatic N) is 2. The molecule has 1 unspecified atom stereocenters. The Kier molecular flexibility index (Phi) is 6.24. The number of rotatable bonds is 7. The third-order valence-electron chi connectivity index (χ3n) is 2.97. The van der Waals surface area contributed by atoms with Gasteiger partial charge in [0.1, 0.15) is 11.8 Å². The fourth-order valence-electron chi connectivity index (χ4n) is 1.92. The fourth-order valence-corrected chi connectivity index (χ4v) is 1.92. The minimum Gasteiger partial charge on any atom is -0.494 e. The number of hydrogen-bond donors (Lipinski definition) is 0. The Hall–Kier alpha value is -1.53. The molecule has 0 aliphatic heterocycles. The molecule has 0 fully saturated rings. The zero-order valence-electron chi connectivity index (χ0n) is 11.5. The zero-order chi connectivity index (χ0) is 13.4. The van der Waals surface area contributed by atoms with E-state index in [0.29, 0.717) is 0 Å². The monoisotopic (exact) mass is 246 g/mol. The largest absolute Gasteiger partial charge is 0.494 e. The lowest BCUT2D eigenvalue weighted by molar-refractivity contribution is 0.262. The first-order valence-electron chi connectivity index (χ1n) is 6.63.